The Labute approximate surface area is 217 Å². The summed E-state index contributed by atoms with van der Waals surface area (Å²) in [6.07, 6.45) is -1.26. The molecule has 200 valence electrons. The number of hydrogen-bond acceptors (Lipinski definition) is 8. The highest BCUT2D eigenvalue weighted by Gasteiger charge is 2.30. The molecule has 38 heavy (non-hydrogen) atoms. The zero-order chi connectivity index (χ0) is 26.7. The van der Waals surface area contributed by atoms with Crippen molar-refractivity contribution < 1.29 is 22.8 Å². The summed E-state index contributed by atoms with van der Waals surface area (Å²) < 4.78 is 44.7. The smallest absolute Gasteiger partial charge is 0.416 e. The molecule has 2 aliphatic heterocycles. The Bertz CT molecular complexity index is 1240. The normalized spacial score (nSPS) is 17.0. The van der Waals surface area contributed by atoms with E-state index < -0.39 is 16.7 Å². The summed E-state index contributed by atoms with van der Waals surface area (Å²) in [6.45, 7) is 4.20. The van der Waals surface area contributed by atoms with E-state index >= 15 is 0 Å². The zero-order valence-electron chi connectivity index (χ0n) is 20.5. The van der Waals surface area contributed by atoms with Gasteiger partial charge in [0.15, 0.2) is 0 Å². The number of ether oxygens (including phenoxy) is 1. The average molecular weight is 529 g/mol. The van der Waals surface area contributed by atoms with Gasteiger partial charge in [0.1, 0.15) is 18.2 Å². The molecule has 0 bridgehead atoms. The van der Waals surface area contributed by atoms with Gasteiger partial charge in [0.25, 0.3) is 5.69 Å². The average Bonchev–Trinajstić information content (AvgIpc) is 2.93. The molecule has 2 fully saturated rings. The predicted molar refractivity (Wildman–Crippen MR) is 137 cm³/mol. The monoisotopic (exact) mass is 528 g/mol. The van der Waals surface area contributed by atoms with E-state index in [0.29, 0.717) is 32.1 Å². The largest absolute Gasteiger partial charge is 0.474 e. The van der Waals surface area contributed by atoms with Crippen molar-refractivity contribution in [3.05, 3.63) is 76.6 Å². The van der Waals surface area contributed by atoms with E-state index in [1.807, 2.05) is 6.07 Å². The fraction of sp³-hybridized carbons (Fsp3) is 0.385. The van der Waals surface area contributed by atoms with E-state index in [1.54, 1.807) is 12.1 Å². The van der Waals surface area contributed by atoms with Crippen molar-refractivity contribution >= 4 is 22.9 Å². The van der Waals surface area contributed by atoms with Gasteiger partial charge in [-0.05, 0) is 36.4 Å². The number of hydrogen-bond donors (Lipinski definition) is 0. The van der Waals surface area contributed by atoms with Crippen LogP contribution >= 0.6 is 0 Å². The number of nitro groups is 1. The van der Waals surface area contributed by atoms with Crippen LogP contribution in [0.25, 0.3) is 0 Å². The van der Waals surface area contributed by atoms with E-state index in [9.17, 15) is 23.3 Å². The minimum atomic E-state index is -4.34. The number of halogens is 3. The Kier molecular flexibility index (Phi) is 7.21. The number of non-ortho nitro benzene ring substituents is 1. The van der Waals surface area contributed by atoms with E-state index in [0.717, 1.165) is 55.3 Å². The molecule has 5 rings (SSSR count). The van der Waals surface area contributed by atoms with Crippen molar-refractivity contribution in [1.29, 1.82) is 0 Å². The van der Waals surface area contributed by atoms with Gasteiger partial charge in [0, 0.05) is 81.7 Å². The molecule has 0 atom stereocenters. The first-order valence-corrected chi connectivity index (χ1v) is 12.4. The second-order valence-corrected chi connectivity index (χ2v) is 9.31. The highest BCUT2D eigenvalue weighted by Crippen LogP contribution is 2.31. The molecule has 0 radical (unpaired) electrons. The maximum absolute atomic E-state index is 12.8. The maximum Gasteiger partial charge on any atom is 0.416 e. The van der Waals surface area contributed by atoms with Crippen LogP contribution in [0.5, 0.6) is 5.88 Å². The van der Waals surface area contributed by atoms with Gasteiger partial charge in [-0.3, -0.25) is 10.1 Å². The van der Waals surface area contributed by atoms with Gasteiger partial charge in [0.05, 0.1) is 10.5 Å². The molecule has 3 heterocycles. The summed E-state index contributed by atoms with van der Waals surface area (Å²) in [5.41, 5.74) is 1.15. The van der Waals surface area contributed by atoms with Crippen molar-refractivity contribution in [1.82, 2.24) is 9.97 Å². The van der Waals surface area contributed by atoms with Crippen LogP contribution < -0.4 is 19.4 Å². The Morgan fingerprint density at radius 3 is 1.95 bits per heavy atom. The lowest BCUT2D eigenvalue weighted by Gasteiger charge is -2.37. The van der Waals surface area contributed by atoms with Gasteiger partial charge < -0.3 is 19.4 Å². The van der Waals surface area contributed by atoms with Crippen molar-refractivity contribution in [2.24, 2.45) is 0 Å². The number of aromatic nitrogens is 2. The minimum Gasteiger partial charge on any atom is -0.474 e. The number of alkyl halides is 3. The van der Waals surface area contributed by atoms with Crippen molar-refractivity contribution in [3.63, 3.8) is 0 Å². The second kappa shape index (κ2) is 10.7. The fourth-order valence-electron chi connectivity index (χ4n) is 4.81. The Balaban J connectivity index is 1.12. The molecule has 0 aliphatic carbocycles. The molecule has 0 amide bonds. The van der Waals surface area contributed by atoms with Crippen LogP contribution in [0, 0.1) is 10.1 Å². The second-order valence-electron chi connectivity index (χ2n) is 9.31. The van der Waals surface area contributed by atoms with Gasteiger partial charge >= 0.3 is 6.18 Å². The molecule has 2 aromatic carbocycles. The van der Waals surface area contributed by atoms with Crippen molar-refractivity contribution in [2.75, 3.05) is 54.0 Å². The molecule has 1 aromatic heterocycles. The number of nitrogens with zero attached hydrogens (tertiary/aromatic N) is 6. The fourth-order valence-corrected chi connectivity index (χ4v) is 4.81. The van der Waals surface area contributed by atoms with Gasteiger partial charge in [-0.1, -0.05) is 0 Å². The summed E-state index contributed by atoms with van der Waals surface area (Å²) in [5, 5.41) is 10.9. The third-order valence-electron chi connectivity index (χ3n) is 6.95. The summed E-state index contributed by atoms with van der Waals surface area (Å²) in [4.78, 5) is 25.5. The highest BCUT2D eigenvalue weighted by molar-refractivity contribution is 5.52. The number of anilines is 3. The first-order chi connectivity index (χ1) is 18.3. The first-order valence-electron chi connectivity index (χ1n) is 12.4. The van der Waals surface area contributed by atoms with Crippen LogP contribution in [-0.2, 0) is 6.18 Å². The molecular weight excluding hydrogens is 501 g/mol. The molecular formula is C26H27F3N6O3. The molecule has 0 unspecified atom stereocenters. The van der Waals surface area contributed by atoms with Gasteiger partial charge in [-0.15, -0.1) is 0 Å². The number of piperazine rings is 1. The van der Waals surface area contributed by atoms with Crippen molar-refractivity contribution in [2.45, 2.75) is 25.1 Å². The standard InChI is InChI=1S/C26H27F3N6O3/c27-26(28,29)19-1-3-20(4-2-19)33-13-15-34(16-14-33)24-17-25(31-18-30-24)38-23-9-11-32(12-10-23)21-5-7-22(8-6-21)35(36)37/h1-8,17-18,23H,9-16H2. The van der Waals surface area contributed by atoms with E-state index in [-0.39, 0.29) is 11.8 Å². The van der Waals surface area contributed by atoms with E-state index in [1.165, 1.54) is 30.6 Å². The van der Waals surface area contributed by atoms with E-state index in [4.69, 9.17) is 4.74 Å². The Hall–Kier alpha value is -4.09. The number of piperidine rings is 1. The molecule has 0 spiro atoms. The van der Waals surface area contributed by atoms with Crippen LogP contribution in [0.2, 0.25) is 0 Å². The number of rotatable bonds is 6. The maximum atomic E-state index is 12.8. The Morgan fingerprint density at radius 2 is 1.37 bits per heavy atom. The van der Waals surface area contributed by atoms with Gasteiger partial charge in [-0.2, -0.15) is 13.2 Å². The quantitative estimate of drug-likeness (QED) is 0.334. The molecule has 2 saturated heterocycles. The summed E-state index contributed by atoms with van der Waals surface area (Å²) in [5.74, 6) is 1.26. The lowest BCUT2D eigenvalue weighted by atomic mass is 10.1. The molecule has 3 aromatic rings. The highest BCUT2D eigenvalue weighted by atomic mass is 19.4. The molecule has 12 heteroatoms. The van der Waals surface area contributed by atoms with Crippen LogP contribution in [0.3, 0.4) is 0 Å². The third-order valence-corrected chi connectivity index (χ3v) is 6.95. The molecule has 0 N–H and O–H groups in total. The van der Waals surface area contributed by atoms with Crippen LogP contribution in [0.1, 0.15) is 18.4 Å². The number of nitro benzene ring substituents is 1. The molecule has 2 aliphatic rings. The van der Waals surface area contributed by atoms with Crippen LogP contribution in [0.15, 0.2) is 60.9 Å². The Morgan fingerprint density at radius 1 is 0.816 bits per heavy atom. The number of benzene rings is 2. The van der Waals surface area contributed by atoms with Gasteiger partial charge in [-0.25, -0.2) is 9.97 Å². The third kappa shape index (κ3) is 5.90. The SMILES string of the molecule is O=[N+]([O-])c1ccc(N2CCC(Oc3cc(N4CCN(c5ccc(C(F)(F)F)cc5)CC4)ncn3)CC2)cc1. The lowest BCUT2D eigenvalue weighted by molar-refractivity contribution is -0.384. The molecule has 0 saturated carbocycles. The van der Waals surface area contributed by atoms with E-state index in [2.05, 4.69) is 24.7 Å². The topological polar surface area (TPSA) is 87.9 Å². The van der Waals surface area contributed by atoms with Gasteiger partial charge in [0.2, 0.25) is 5.88 Å². The zero-order valence-corrected chi connectivity index (χ0v) is 20.5. The predicted octanol–water partition coefficient (Wildman–Crippen LogP) is 4.78. The first kappa shape index (κ1) is 25.6. The van der Waals surface area contributed by atoms with Crippen molar-refractivity contribution in [3.8, 4) is 5.88 Å². The van der Waals surface area contributed by atoms with Crippen LogP contribution in [0.4, 0.5) is 36.1 Å². The summed E-state index contributed by atoms with van der Waals surface area (Å²) >= 11 is 0. The summed E-state index contributed by atoms with van der Waals surface area (Å²) in [6, 6.07) is 13.7. The minimum absolute atomic E-state index is 0.00330. The molecule has 9 nitrogen and oxygen atoms in total. The van der Waals surface area contributed by atoms with Crippen LogP contribution in [-0.4, -0.2) is 60.3 Å². The summed E-state index contributed by atoms with van der Waals surface area (Å²) in [7, 11) is 0. The lowest BCUT2D eigenvalue weighted by Crippen LogP contribution is -2.46.